The average Bonchev–Trinajstić information content (AvgIpc) is 3.33. The lowest BCUT2D eigenvalue weighted by atomic mass is 10.0. The molecule has 174 valence electrons. The van der Waals surface area contributed by atoms with Crippen LogP contribution in [0.2, 0.25) is 0 Å². The van der Waals surface area contributed by atoms with Gasteiger partial charge in [-0.3, -0.25) is 9.88 Å². The van der Waals surface area contributed by atoms with Crippen molar-refractivity contribution in [2.45, 2.75) is 45.1 Å². The van der Waals surface area contributed by atoms with E-state index in [0.29, 0.717) is 0 Å². The Morgan fingerprint density at radius 1 is 0.735 bits per heavy atom. The maximum absolute atomic E-state index is 4.73. The Morgan fingerprint density at radius 2 is 1.56 bits per heavy atom. The molecule has 2 saturated heterocycles. The van der Waals surface area contributed by atoms with E-state index in [4.69, 9.17) is 5.10 Å². The van der Waals surface area contributed by atoms with Crippen LogP contribution in [-0.2, 0) is 6.54 Å². The van der Waals surface area contributed by atoms with Gasteiger partial charge in [0.2, 0.25) is 0 Å². The molecule has 3 aromatic heterocycles. The van der Waals surface area contributed by atoms with Crippen molar-refractivity contribution in [3.63, 3.8) is 0 Å². The molecule has 0 N–H and O–H groups in total. The summed E-state index contributed by atoms with van der Waals surface area (Å²) in [5.74, 6) is 1.05. The van der Waals surface area contributed by atoms with Crippen molar-refractivity contribution in [3.8, 4) is 16.8 Å². The molecule has 0 spiro atoms. The largest absolute Gasteiger partial charge is 0.357 e. The van der Waals surface area contributed by atoms with Gasteiger partial charge in [-0.1, -0.05) is 12.5 Å². The molecule has 5 heterocycles. The predicted molar refractivity (Wildman–Crippen MR) is 137 cm³/mol. The molecule has 34 heavy (non-hydrogen) atoms. The zero-order valence-electron chi connectivity index (χ0n) is 19.7. The summed E-state index contributed by atoms with van der Waals surface area (Å²) in [6.07, 6.45) is 15.6. The highest BCUT2D eigenvalue weighted by Gasteiger charge is 2.15. The Kier molecular flexibility index (Phi) is 5.98. The zero-order valence-corrected chi connectivity index (χ0v) is 19.7. The van der Waals surface area contributed by atoms with Crippen LogP contribution in [-0.4, -0.2) is 50.8 Å². The van der Waals surface area contributed by atoms with Gasteiger partial charge in [0.25, 0.3) is 0 Å². The first-order chi connectivity index (χ1) is 16.8. The number of likely N-dealkylation sites (tertiary alicyclic amines) is 1. The summed E-state index contributed by atoms with van der Waals surface area (Å²) in [5, 5.41) is 5.86. The van der Waals surface area contributed by atoms with Gasteiger partial charge in [0.1, 0.15) is 5.82 Å². The number of hydrogen-bond donors (Lipinski definition) is 0. The lowest BCUT2D eigenvalue weighted by molar-refractivity contribution is 0.220. The molecular weight excluding hydrogens is 420 g/mol. The van der Waals surface area contributed by atoms with Crippen LogP contribution < -0.4 is 4.90 Å². The van der Waals surface area contributed by atoms with Crippen molar-refractivity contribution in [1.82, 2.24) is 24.6 Å². The van der Waals surface area contributed by atoms with Gasteiger partial charge < -0.3 is 4.90 Å². The Hall–Kier alpha value is -3.25. The average molecular weight is 453 g/mol. The number of nitrogens with zero attached hydrogens (tertiary/aromatic N) is 6. The number of hydrogen-bond acceptors (Lipinski definition) is 5. The summed E-state index contributed by atoms with van der Waals surface area (Å²) in [7, 11) is 0. The maximum atomic E-state index is 4.73. The van der Waals surface area contributed by atoms with E-state index in [1.807, 2.05) is 35.5 Å². The molecule has 0 bridgehead atoms. The smallest absolute Gasteiger partial charge is 0.130 e. The third-order valence-electron chi connectivity index (χ3n) is 7.20. The van der Waals surface area contributed by atoms with Crippen LogP contribution in [0.25, 0.3) is 27.7 Å². The van der Waals surface area contributed by atoms with Crippen molar-refractivity contribution < 1.29 is 0 Å². The molecule has 6 rings (SSSR count). The Morgan fingerprint density at radius 3 is 2.41 bits per heavy atom. The second kappa shape index (κ2) is 9.55. The molecule has 6 heteroatoms. The highest BCUT2D eigenvalue weighted by atomic mass is 15.3. The normalized spacial score (nSPS) is 17.4. The molecule has 2 aliphatic heterocycles. The van der Waals surface area contributed by atoms with E-state index < -0.39 is 0 Å². The molecule has 0 atom stereocenters. The molecule has 0 radical (unpaired) electrons. The second-order valence-electron chi connectivity index (χ2n) is 9.67. The highest BCUT2D eigenvalue weighted by Crippen LogP contribution is 2.28. The van der Waals surface area contributed by atoms with Crippen molar-refractivity contribution >= 4 is 16.7 Å². The molecule has 0 unspecified atom stereocenters. The van der Waals surface area contributed by atoms with Crippen molar-refractivity contribution in [1.29, 1.82) is 0 Å². The van der Waals surface area contributed by atoms with E-state index in [9.17, 15) is 0 Å². The fraction of sp³-hybridized carbons (Fsp3) is 0.393. The van der Waals surface area contributed by atoms with Crippen LogP contribution >= 0.6 is 0 Å². The van der Waals surface area contributed by atoms with Crippen LogP contribution in [0.15, 0.2) is 61.2 Å². The third kappa shape index (κ3) is 4.42. The summed E-state index contributed by atoms with van der Waals surface area (Å²) < 4.78 is 2.03. The number of rotatable bonds is 5. The first-order valence-electron chi connectivity index (χ1n) is 12.7. The first kappa shape index (κ1) is 21.3. The van der Waals surface area contributed by atoms with Crippen LogP contribution in [0.1, 0.15) is 44.1 Å². The highest BCUT2D eigenvalue weighted by molar-refractivity contribution is 5.85. The van der Waals surface area contributed by atoms with E-state index in [-0.39, 0.29) is 0 Å². The molecule has 2 aliphatic rings. The summed E-state index contributed by atoms with van der Waals surface area (Å²) >= 11 is 0. The quantitative estimate of drug-likeness (QED) is 0.402. The Balaban J connectivity index is 1.26. The van der Waals surface area contributed by atoms with Gasteiger partial charge in [0.05, 0.1) is 17.4 Å². The molecule has 0 saturated carbocycles. The summed E-state index contributed by atoms with van der Waals surface area (Å²) in [6.45, 7) is 5.56. The van der Waals surface area contributed by atoms with Gasteiger partial charge in [0, 0.05) is 55.2 Å². The van der Waals surface area contributed by atoms with Gasteiger partial charge in [0.15, 0.2) is 0 Å². The minimum atomic E-state index is 0.989. The zero-order chi connectivity index (χ0) is 22.7. The molecule has 6 nitrogen and oxygen atoms in total. The SMILES string of the molecule is c1cc(-n2ncc3cc(-c4cncc(CN5CCCCC5)c4)ccc32)cc(N2CCCCC2)n1. The van der Waals surface area contributed by atoms with Crippen LogP contribution in [0, 0.1) is 0 Å². The van der Waals surface area contributed by atoms with E-state index in [2.05, 4.69) is 50.1 Å². The summed E-state index contributed by atoms with van der Waals surface area (Å²) in [4.78, 5) is 14.1. The fourth-order valence-corrected chi connectivity index (χ4v) is 5.36. The number of fused-ring (bicyclic) bond motifs is 1. The lowest BCUT2D eigenvalue weighted by Crippen LogP contribution is -2.30. The third-order valence-corrected chi connectivity index (χ3v) is 7.20. The summed E-state index contributed by atoms with van der Waals surface area (Å²) in [6, 6.07) is 13.1. The lowest BCUT2D eigenvalue weighted by Gasteiger charge is -2.27. The molecule has 0 aliphatic carbocycles. The van der Waals surface area contributed by atoms with Gasteiger partial charge in [-0.2, -0.15) is 5.10 Å². The van der Waals surface area contributed by atoms with E-state index in [1.165, 1.54) is 68.3 Å². The van der Waals surface area contributed by atoms with Crippen LogP contribution in [0.4, 0.5) is 5.82 Å². The van der Waals surface area contributed by atoms with E-state index in [1.54, 1.807) is 0 Å². The van der Waals surface area contributed by atoms with Gasteiger partial charge in [-0.05, 0) is 80.6 Å². The Bertz CT molecular complexity index is 1270. The minimum Gasteiger partial charge on any atom is -0.357 e. The van der Waals surface area contributed by atoms with Crippen molar-refractivity contribution in [2.24, 2.45) is 0 Å². The van der Waals surface area contributed by atoms with Crippen LogP contribution in [0.3, 0.4) is 0 Å². The fourth-order valence-electron chi connectivity index (χ4n) is 5.36. The predicted octanol–water partition coefficient (Wildman–Crippen LogP) is 5.46. The van der Waals surface area contributed by atoms with Crippen molar-refractivity contribution in [3.05, 3.63) is 66.7 Å². The van der Waals surface area contributed by atoms with Gasteiger partial charge in [-0.25, -0.2) is 9.67 Å². The summed E-state index contributed by atoms with van der Waals surface area (Å²) in [5.41, 5.74) is 5.81. The maximum Gasteiger partial charge on any atom is 0.130 e. The van der Waals surface area contributed by atoms with Crippen LogP contribution in [0.5, 0.6) is 0 Å². The minimum absolute atomic E-state index is 0.989. The van der Waals surface area contributed by atoms with Crippen molar-refractivity contribution in [2.75, 3.05) is 31.1 Å². The first-order valence-corrected chi connectivity index (χ1v) is 12.7. The van der Waals surface area contributed by atoms with Gasteiger partial charge >= 0.3 is 0 Å². The second-order valence-corrected chi connectivity index (χ2v) is 9.67. The number of aromatic nitrogens is 4. The van der Waals surface area contributed by atoms with E-state index in [0.717, 1.165) is 42.0 Å². The molecular formula is C28H32N6. The monoisotopic (exact) mass is 452 g/mol. The number of piperidine rings is 2. The van der Waals surface area contributed by atoms with E-state index >= 15 is 0 Å². The molecule has 2 fully saturated rings. The molecule has 4 aromatic rings. The topological polar surface area (TPSA) is 50.1 Å². The number of benzene rings is 1. The molecule has 1 aromatic carbocycles. The standard InChI is InChI=1S/C28H32N6/c1-3-11-32(12-4-1)21-22-15-24(19-29-18-22)23-7-8-27-25(16-23)20-31-34(27)26-9-10-30-28(17-26)33-13-5-2-6-14-33/h7-10,15-20H,1-6,11-14,21H2. The van der Waals surface area contributed by atoms with Gasteiger partial charge in [-0.15, -0.1) is 0 Å². The molecule has 0 amide bonds. The number of anilines is 1. The Labute approximate surface area is 201 Å². The number of pyridine rings is 2.